The van der Waals surface area contributed by atoms with Gasteiger partial charge in [0.1, 0.15) is 5.75 Å². The number of nitrogens with zero attached hydrogens (tertiary/aromatic N) is 1. The maximum atomic E-state index is 12.9. The summed E-state index contributed by atoms with van der Waals surface area (Å²) in [7, 11) is 0. The highest BCUT2D eigenvalue weighted by Gasteiger charge is 2.48. The van der Waals surface area contributed by atoms with Crippen LogP contribution in [0.15, 0.2) is 36.4 Å². The van der Waals surface area contributed by atoms with Crippen molar-refractivity contribution in [3.8, 4) is 5.75 Å². The molecule has 3 nitrogen and oxygen atoms in total. The molecule has 1 aromatic carbocycles. The molecule has 1 N–H and O–H groups in total. The molecule has 1 aliphatic heterocycles. The average Bonchev–Trinajstić information content (AvgIpc) is 2.98. The van der Waals surface area contributed by atoms with Crippen LogP contribution in [0.25, 0.3) is 0 Å². The summed E-state index contributed by atoms with van der Waals surface area (Å²) in [6.07, 6.45) is 3.08. The molecule has 2 aromatic rings. The van der Waals surface area contributed by atoms with Gasteiger partial charge in [0.2, 0.25) is 5.91 Å². The summed E-state index contributed by atoms with van der Waals surface area (Å²) < 4.78 is 0. The second-order valence-corrected chi connectivity index (χ2v) is 8.00. The summed E-state index contributed by atoms with van der Waals surface area (Å²) in [4.78, 5) is 17.7. The van der Waals surface area contributed by atoms with Gasteiger partial charge in [-0.15, -0.1) is 11.3 Å². The van der Waals surface area contributed by atoms with Crippen LogP contribution in [-0.4, -0.2) is 22.5 Å². The number of rotatable bonds is 3. The number of benzene rings is 1. The molecule has 120 valence electrons. The number of carbonyl (C=O) groups excluding carboxylic acids is 1. The molecule has 4 heteroatoms. The Bertz CT molecular complexity index is 721. The van der Waals surface area contributed by atoms with E-state index in [0.29, 0.717) is 11.8 Å². The zero-order chi connectivity index (χ0) is 16.0. The molecular formula is C19H21NO2S. The highest BCUT2D eigenvalue weighted by molar-refractivity contribution is 7.12. The van der Waals surface area contributed by atoms with Crippen molar-refractivity contribution in [2.45, 2.75) is 38.1 Å². The quantitative estimate of drug-likeness (QED) is 0.916. The first-order valence-corrected chi connectivity index (χ1v) is 9.11. The summed E-state index contributed by atoms with van der Waals surface area (Å²) in [6, 6.07) is 11.8. The van der Waals surface area contributed by atoms with E-state index in [2.05, 4.69) is 24.0 Å². The maximum Gasteiger partial charge on any atom is 0.226 e. The summed E-state index contributed by atoms with van der Waals surface area (Å²) in [5, 5.41) is 9.46. The fraction of sp³-hybridized carbons (Fsp3) is 0.421. The monoisotopic (exact) mass is 327 g/mol. The van der Waals surface area contributed by atoms with Gasteiger partial charge >= 0.3 is 0 Å². The topological polar surface area (TPSA) is 40.5 Å². The predicted octanol–water partition coefficient (Wildman–Crippen LogP) is 4.23. The van der Waals surface area contributed by atoms with Gasteiger partial charge in [-0.3, -0.25) is 4.79 Å². The predicted molar refractivity (Wildman–Crippen MR) is 91.7 cm³/mol. The van der Waals surface area contributed by atoms with Crippen LogP contribution in [0.5, 0.6) is 5.75 Å². The Kier molecular flexibility index (Phi) is 3.64. The number of phenols is 1. The lowest BCUT2D eigenvalue weighted by Gasteiger charge is -2.25. The van der Waals surface area contributed by atoms with Crippen molar-refractivity contribution in [2.24, 2.45) is 5.92 Å². The smallest absolute Gasteiger partial charge is 0.226 e. The molecule has 4 rings (SSSR count). The summed E-state index contributed by atoms with van der Waals surface area (Å²) in [5.41, 5.74) is 1.14. The van der Waals surface area contributed by atoms with Gasteiger partial charge in [-0.2, -0.15) is 0 Å². The first kappa shape index (κ1) is 14.8. The molecule has 2 heterocycles. The molecule has 0 unspecified atom stereocenters. The zero-order valence-corrected chi connectivity index (χ0v) is 14.1. The van der Waals surface area contributed by atoms with Gasteiger partial charge in [-0.1, -0.05) is 12.1 Å². The fourth-order valence-corrected chi connectivity index (χ4v) is 4.78. The van der Waals surface area contributed by atoms with Crippen molar-refractivity contribution in [1.82, 2.24) is 4.90 Å². The Morgan fingerprint density at radius 1 is 1.22 bits per heavy atom. The van der Waals surface area contributed by atoms with E-state index >= 15 is 0 Å². The van der Waals surface area contributed by atoms with Crippen molar-refractivity contribution in [3.63, 3.8) is 0 Å². The SMILES string of the molecule is Cc1ccc([C@@H]2C[C@@H]2C(=O)N2CCC[C@H]2c2ccc(O)cc2)s1. The molecule has 2 aliphatic rings. The molecule has 2 fully saturated rings. The van der Waals surface area contributed by atoms with E-state index in [-0.39, 0.29) is 17.7 Å². The maximum absolute atomic E-state index is 12.9. The molecule has 0 spiro atoms. The van der Waals surface area contributed by atoms with E-state index in [1.165, 1.54) is 9.75 Å². The van der Waals surface area contributed by atoms with Crippen molar-refractivity contribution >= 4 is 17.2 Å². The number of hydrogen-bond acceptors (Lipinski definition) is 3. The highest BCUT2D eigenvalue weighted by atomic mass is 32.1. The van der Waals surface area contributed by atoms with Crippen LogP contribution in [0.4, 0.5) is 0 Å². The molecular weight excluding hydrogens is 306 g/mol. The largest absolute Gasteiger partial charge is 0.508 e. The number of carbonyl (C=O) groups is 1. The minimum atomic E-state index is 0.172. The Morgan fingerprint density at radius 3 is 2.70 bits per heavy atom. The van der Waals surface area contributed by atoms with Crippen molar-refractivity contribution < 1.29 is 9.90 Å². The lowest BCUT2D eigenvalue weighted by molar-refractivity contribution is -0.133. The van der Waals surface area contributed by atoms with E-state index in [4.69, 9.17) is 0 Å². The Hall–Kier alpha value is -1.81. The molecule has 3 atom stereocenters. The fourth-order valence-electron chi connectivity index (χ4n) is 3.72. The van der Waals surface area contributed by atoms with Crippen LogP contribution in [0.3, 0.4) is 0 Å². The van der Waals surface area contributed by atoms with Gasteiger partial charge in [-0.05, 0) is 56.0 Å². The van der Waals surface area contributed by atoms with Crippen LogP contribution in [-0.2, 0) is 4.79 Å². The Balaban J connectivity index is 1.49. The normalized spacial score (nSPS) is 26.5. The lowest BCUT2D eigenvalue weighted by atomic mass is 10.0. The first-order chi connectivity index (χ1) is 11.1. The van der Waals surface area contributed by atoms with Gasteiger partial charge in [0.05, 0.1) is 6.04 Å². The minimum absolute atomic E-state index is 0.172. The van der Waals surface area contributed by atoms with Crippen molar-refractivity contribution in [1.29, 1.82) is 0 Å². The molecule has 1 saturated heterocycles. The van der Waals surface area contributed by atoms with Crippen LogP contribution < -0.4 is 0 Å². The highest BCUT2D eigenvalue weighted by Crippen LogP contribution is 2.51. The summed E-state index contributed by atoms with van der Waals surface area (Å²) in [5.74, 6) is 1.20. The van der Waals surface area contributed by atoms with Gasteiger partial charge in [0.25, 0.3) is 0 Å². The van der Waals surface area contributed by atoms with Gasteiger partial charge < -0.3 is 10.0 Å². The van der Waals surface area contributed by atoms with Crippen LogP contribution >= 0.6 is 11.3 Å². The summed E-state index contributed by atoms with van der Waals surface area (Å²) >= 11 is 1.82. The molecule has 1 saturated carbocycles. The van der Waals surface area contributed by atoms with Crippen molar-refractivity contribution in [3.05, 3.63) is 51.7 Å². The number of hydrogen-bond donors (Lipinski definition) is 1. The average molecular weight is 327 g/mol. The van der Waals surface area contributed by atoms with E-state index in [0.717, 1.165) is 31.4 Å². The van der Waals surface area contributed by atoms with E-state index in [1.807, 2.05) is 23.5 Å². The number of phenolic OH excluding ortho intramolecular Hbond substituents is 1. The van der Waals surface area contributed by atoms with E-state index in [9.17, 15) is 9.90 Å². The van der Waals surface area contributed by atoms with Gasteiger partial charge in [0.15, 0.2) is 0 Å². The first-order valence-electron chi connectivity index (χ1n) is 8.29. The standard InChI is InChI=1S/C19H21NO2S/c1-12-4-9-18(23-12)15-11-16(15)19(22)20-10-2-3-17(20)13-5-7-14(21)8-6-13/h4-9,15-17,21H,2-3,10-11H2,1H3/t15-,16+,17+/m1/s1. The van der Waals surface area contributed by atoms with Gasteiger partial charge in [0, 0.05) is 28.1 Å². The molecule has 1 aliphatic carbocycles. The zero-order valence-electron chi connectivity index (χ0n) is 13.2. The minimum Gasteiger partial charge on any atom is -0.508 e. The number of aryl methyl sites for hydroxylation is 1. The molecule has 0 radical (unpaired) electrons. The third kappa shape index (κ3) is 2.76. The molecule has 0 bridgehead atoms. The number of aromatic hydroxyl groups is 1. The van der Waals surface area contributed by atoms with E-state index < -0.39 is 0 Å². The lowest BCUT2D eigenvalue weighted by Crippen LogP contribution is -2.32. The third-order valence-corrected chi connectivity index (χ3v) is 6.18. The Labute approximate surface area is 140 Å². The number of thiophene rings is 1. The van der Waals surface area contributed by atoms with Crippen LogP contribution in [0.2, 0.25) is 0 Å². The van der Waals surface area contributed by atoms with Crippen molar-refractivity contribution in [2.75, 3.05) is 6.54 Å². The molecule has 1 amide bonds. The Morgan fingerprint density at radius 2 is 2.00 bits per heavy atom. The number of likely N-dealkylation sites (tertiary alicyclic amines) is 1. The summed E-state index contributed by atoms with van der Waals surface area (Å²) in [6.45, 7) is 2.98. The van der Waals surface area contributed by atoms with Crippen LogP contribution in [0.1, 0.15) is 46.5 Å². The third-order valence-electron chi connectivity index (χ3n) is 5.05. The molecule has 1 aromatic heterocycles. The second-order valence-electron chi connectivity index (χ2n) is 6.68. The van der Waals surface area contributed by atoms with Crippen LogP contribution in [0, 0.1) is 12.8 Å². The van der Waals surface area contributed by atoms with E-state index in [1.54, 1.807) is 12.1 Å². The molecule has 23 heavy (non-hydrogen) atoms. The van der Waals surface area contributed by atoms with Gasteiger partial charge in [-0.25, -0.2) is 0 Å². The second kappa shape index (κ2) is 5.68. The number of amides is 1.